The third-order valence-electron chi connectivity index (χ3n) is 5.55. The molecule has 0 bridgehead atoms. The molecule has 0 saturated heterocycles. The number of fused-ring (bicyclic) bond motifs is 3. The predicted molar refractivity (Wildman–Crippen MR) is 102 cm³/mol. The summed E-state index contributed by atoms with van der Waals surface area (Å²) in [4.78, 5) is 23.6. The number of imidazole rings is 1. The number of benzene rings is 1. The molecule has 0 atom stereocenters. The summed E-state index contributed by atoms with van der Waals surface area (Å²) in [5.41, 5.74) is 3.15. The van der Waals surface area contributed by atoms with Gasteiger partial charge >= 0.3 is 5.69 Å². The van der Waals surface area contributed by atoms with E-state index < -0.39 is 0 Å². The van der Waals surface area contributed by atoms with Gasteiger partial charge in [-0.05, 0) is 37.1 Å². The smallest absolute Gasteiger partial charge is 0.331 e. The van der Waals surface area contributed by atoms with Crippen LogP contribution in [0.5, 0.6) is 17.4 Å². The number of nitrogens with one attached hydrogen (secondary N) is 1. The molecule has 1 spiro atoms. The summed E-state index contributed by atoms with van der Waals surface area (Å²) in [7, 11) is 0. The van der Waals surface area contributed by atoms with E-state index in [-0.39, 0.29) is 11.1 Å². The minimum Gasteiger partial charge on any atom is -0.492 e. The molecule has 0 radical (unpaired) electrons. The van der Waals surface area contributed by atoms with Crippen molar-refractivity contribution >= 4 is 11.0 Å². The second-order valence-corrected chi connectivity index (χ2v) is 7.31. The molecule has 1 N–H and O–H groups in total. The Morgan fingerprint density at radius 1 is 1.14 bits per heavy atom. The average molecular weight is 372 g/mol. The first kappa shape index (κ1) is 15.4. The van der Waals surface area contributed by atoms with Gasteiger partial charge in [-0.2, -0.15) is 0 Å². The highest BCUT2D eigenvalue weighted by Crippen LogP contribution is 2.58. The maximum absolute atomic E-state index is 12.3. The Morgan fingerprint density at radius 2 is 2.07 bits per heavy atom. The van der Waals surface area contributed by atoms with Crippen molar-refractivity contribution in [2.24, 2.45) is 0 Å². The van der Waals surface area contributed by atoms with Crippen molar-refractivity contribution in [3.05, 3.63) is 71.0 Å². The SMILES string of the molecule is O=c1[nH]c2cnccc2n1-c1ccc(Oc2cccc3c2C2(CC2)CO3)nc1. The summed E-state index contributed by atoms with van der Waals surface area (Å²) in [6, 6.07) is 11.3. The van der Waals surface area contributed by atoms with Crippen molar-refractivity contribution in [3.8, 4) is 23.1 Å². The summed E-state index contributed by atoms with van der Waals surface area (Å²) in [5.74, 6) is 2.18. The van der Waals surface area contributed by atoms with Crippen molar-refractivity contribution < 1.29 is 9.47 Å². The van der Waals surface area contributed by atoms with Crippen LogP contribution in [0.25, 0.3) is 16.7 Å². The van der Waals surface area contributed by atoms with Gasteiger partial charge in [0.05, 0.1) is 35.7 Å². The molecule has 0 amide bonds. The van der Waals surface area contributed by atoms with Gasteiger partial charge in [0.2, 0.25) is 5.88 Å². The van der Waals surface area contributed by atoms with Crippen molar-refractivity contribution in [3.63, 3.8) is 0 Å². The minimum absolute atomic E-state index is 0.122. The Balaban J connectivity index is 1.36. The molecule has 2 aliphatic rings. The van der Waals surface area contributed by atoms with Crippen LogP contribution in [0.4, 0.5) is 0 Å². The average Bonchev–Trinajstić information content (AvgIpc) is 3.28. The third kappa shape index (κ3) is 2.19. The molecule has 3 aromatic heterocycles. The number of hydrogen-bond donors (Lipinski definition) is 1. The Bertz CT molecular complexity index is 1270. The topological polar surface area (TPSA) is 82.0 Å². The highest BCUT2D eigenvalue weighted by atomic mass is 16.5. The monoisotopic (exact) mass is 372 g/mol. The fourth-order valence-electron chi connectivity index (χ4n) is 3.97. The molecule has 6 rings (SSSR count). The molecule has 1 aromatic carbocycles. The van der Waals surface area contributed by atoms with Gasteiger partial charge in [0.15, 0.2) is 0 Å². The van der Waals surface area contributed by atoms with Gasteiger partial charge in [-0.25, -0.2) is 9.78 Å². The largest absolute Gasteiger partial charge is 0.492 e. The van der Waals surface area contributed by atoms with Crippen molar-refractivity contribution in [1.29, 1.82) is 0 Å². The van der Waals surface area contributed by atoms with E-state index in [4.69, 9.17) is 9.47 Å². The molecule has 1 saturated carbocycles. The van der Waals surface area contributed by atoms with Gasteiger partial charge in [-0.15, -0.1) is 0 Å². The third-order valence-corrected chi connectivity index (χ3v) is 5.55. The standard InChI is InChI=1S/C21H16N4O3/c26-20-24-14-11-22-9-6-15(14)25(20)13-4-5-18(23-10-13)28-17-3-1-2-16-19(17)21(7-8-21)12-27-16/h1-6,9-11H,7-8,12H2,(H,24,26). The van der Waals surface area contributed by atoms with E-state index in [1.54, 1.807) is 35.3 Å². The Labute approximate surface area is 159 Å². The lowest BCUT2D eigenvalue weighted by atomic mass is 9.97. The number of pyridine rings is 2. The van der Waals surface area contributed by atoms with E-state index in [2.05, 4.69) is 15.0 Å². The Morgan fingerprint density at radius 3 is 2.89 bits per heavy atom. The lowest BCUT2D eigenvalue weighted by molar-refractivity contribution is 0.323. The quantitative estimate of drug-likeness (QED) is 0.597. The van der Waals surface area contributed by atoms with Crippen LogP contribution in [-0.2, 0) is 5.41 Å². The number of nitrogens with zero attached hydrogens (tertiary/aromatic N) is 3. The van der Waals surface area contributed by atoms with Crippen LogP contribution in [-0.4, -0.2) is 26.1 Å². The number of aromatic amines is 1. The lowest BCUT2D eigenvalue weighted by Crippen LogP contribution is -2.14. The summed E-state index contributed by atoms with van der Waals surface area (Å²) in [6.07, 6.45) is 7.18. The maximum atomic E-state index is 12.3. The fraction of sp³-hybridized carbons (Fsp3) is 0.190. The van der Waals surface area contributed by atoms with Crippen molar-refractivity contribution in [2.45, 2.75) is 18.3 Å². The Kier molecular flexibility index (Phi) is 3.01. The Hall–Kier alpha value is -3.61. The van der Waals surface area contributed by atoms with Crippen LogP contribution in [0.15, 0.2) is 59.8 Å². The predicted octanol–water partition coefficient (Wildman–Crippen LogP) is 3.33. The molecule has 1 aliphatic carbocycles. The fourth-order valence-corrected chi connectivity index (χ4v) is 3.97. The molecule has 4 heterocycles. The molecular weight excluding hydrogens is 356 g/mol. The van der Waals surface area contributed by atoms with Gasteiger partial charge in [0.25, 0.3) is 0 Å². The number of H-pyrrole nitrogens is 1. The summed E-state index contributed by atoms with van der Waals surface area (Å²) < 4.78 is 13.5. The van der Waals surface area contributed by atoms with Gasteiger partial charge in [0.1, 0.15) is 11.5 Å². The van der Waals surface area contributed by atoms with Crippen molar-refractivity contribution in [1.82, 2.24) is 19.5 Å². The molecule has 7 nitrogen and oxygen atoms in total. The molecule has 1 aliphatic heterocycles. The van der Waals surface area contributed by atoms with Crippen molar-refractivity contribution in [2.75, 3.05) is 6.61 Å². The normalized spacial score (nSPS) is 16.1. The first-order chi connectivity index (χ1) is 13.7. The molecule has 138 valence electrons. The van der Waals surface area contributed by atoms with E-state index in [1.807, 2.05) is 24.3 Å². The minimum atomic E-state index is -0.229. The van der Waals surface area contributed by atoms with E-state index in [0.717, 1.165) is 42.0 Å². The van der Waals surface area contributed by atoms with Gasteiger partial charge in [-0.1, -0.05) is 6.07 Å². The van der Waals surface area contributed by atoms with Crippen LogP contribution in [0, 0.1) is 0 Å². The maximum Gasteiger partial charge on any atom is 0.331 e. The summed E-state index contributed by atoms with van der Waals surface area (Å²) in [5, 5.41) is 0. The van der Waals surface area contributed by atoms with E-state index in [1.165, 1.54) is 0 Å². The lowest BCUT2D eigenvalue weighted by Gasteiger charge is -2.12. The number of rotatable bonds is 3. The first-order valence-corrected chi connectivity index (χ1v) is 9.19. The molecule has 0 unspecified atom stereocenters. The summed E-state index contributed by atoms with van der Waals surface area (Å²) in [6.45, 7) is 0.730. The highest BCUT2D eigenvalue weighted by molar-refractivity contribution is 5.75. The van der Waals surface area contributed by atoms with Crippen LogP contribution >= 0.6 is 0 Å². The zero-order chi connectivity index (χ0) is 18.7. The van der Waals surface area contributed by atoms with Gasteiger partial charge < -0.3 is 14.5 Å². The first-order valence-electron chi connectivity index (χ1n) is 9.19. The molecule has 28 heavy (non-hydrogen) atoms. The molecule has 1 fully saturated rings. The van der Waals surface area contributed by atoms with Crippen LogP contribution in [0.1, 0.15) is 18.4 Å². The highest BCUT2D eigenvalue weighted by Gasteiger charge is 2.52. The van der Waals surface area contributed by atoms with Crippen LogP contribution in [0.3, 0.4) is 0 Å². The van der Waals surface area contributed by atoms with Crippen LogP contribution in [0.2, 0.25) is 0 Å². The van der Waals surface area contributed by atoms with Gasteiger partial charge in [0, 0.05) is 23.2 Å². The second-order valence-electron chi connectivity index (χ2n) is 7.31. The van der Waals surface area contributed by atoms with Crippen LogP contribution < -0.4 is 15.2 Å². The second kappa shape index (κ2) is 5.45. The molecular formula is C21H16N4O3. The number of aromatic nitrogens is 4. The zero-order valence-corrected chi connectivity index (χ0v) is 14.9. The van der Waals surface area contributed by atoms with E-state index in [0.29, 0.717) is 17.1 Å². The molecule has 4 aromatic rings. The number of ether oxygens (including phenoxy) is 2. The van der Waals surface area contributed by atoms with E-state index >= 15 is 0 Å². The molecule has 7 heteroatoms. The number of hydrogen-bond acceptors (Lipinski definition) is 5. The van der Waals surface area contributed by atoms with E-state index in [9.17, 15) is 4.79 Å². The van der Waals surface area contributed by atoms with Gasteiger partial charge in [-0.3, -0.25) is 9.55 Å². The summed E-state index contributed by atoms with van der Waals surface area (Å²) >= 11 is 0. The zero-order valence-electron chi connectivity index (χ0n) is 14.9.